The van der Waals surface area contributed by atoms with Crippen molar-refractivity contribution < 1.29 is 246 Å². The molecule has 0 N–H and O–H groups in total. The van der Waals surface area contributed by atoms with Gasteiger partial charge >= 0.3 is 205 Å². The van der Waals surface area contributed by atoms with Gasteiger partial charge in [0.25, 0.3) is 0 Å². The van der Waals surface area contributed by atoms with Gasteiger partial charge in [-0.05, 0) is 0 Å². The zero-order valence-corrected chi connectivity index (χ0v) is 29.2. The smallest absolute Gasteiger partial charge is 0 e. The van der Waals surface area contributed by atoms with Gasteiger partial charge in [-0.2, -0.15) is 0 Å². The molecular weight excluding hydrogens is 1040 g/mol. The maximum atomic E-state index is 8.58. The number of hydrogen-bond acceptors (Lipinski definition) is 21. The maximum Gasteiger partial charge on any atom is 0 e. The molecule has 0 amide bonds. The van der Waals surface area contributed by atoms with Gasteiger partial charge in [-0.15, -0.1) is 0 Å². The molecule has 30 heavy (non-hydrogen) atoms. The second-order valence-corrected chi connectivity index (χ2v) is 7.22. The van der Waals surface area contributed by atoms with Crippen LogP contribution in [-0.4, -0.2) is 0 Å². The molecule has 30 heteroatoms. The molecule has 0 saturated carbocycles. The number of hydrogen-bond donors (Lipinski definition) is 0. The van der Waals surface area contributed by atoms with E-state index in [1.807, 2.05) is 0 Å². The summed E-state index contributed by atoms with van der Waals surface area (Å²) < 4.78 is 180. The van der Waals surface area contributed by atoms with Gasteiger partial charge < -0.3 is 0 Å². The average Bonchev–Trinajstić information content (AvgIpc) is 2.20. The molecule has 21 nitrogen and oxygen atoms in total. The van der Waals surface area contributed by atoms with Crippen LogP contribution < -0.4 is 51.6 Å². The molecule has 0 saturated heterocycles. The van der Waals surface area contributed by atoms with Crippen molar-refractivity contribution in [3.8, 4) is 0 Å². The summed E-state index contributed by atoms with van der Waals surface area (Å²) in [7, 11) is 0. The molecule has 0 heterocycles. The van der Waals surface area contributed by atoms with E-state index in [0.717, 1.165) is 0 Å². The maximum absolute atomic E-state index is 8.58. The van der Waals surface area contributed by atoms with E-state index in [-0.39, 0.29) is 40.8 Å². The van der Waals surface area contributed by atoms with Gasteiger partial charge in [0.05, 0.1) is 0 Å². The molecule has 182 valence electrons. The van der Waals surface area contributed by atoms with Gasteiger partial charge in [-0.3, -0.25) is 0 Å². The Labute approximate surface area is 241 Å². The molecule has 0 aliphatic heterocycles. The van der Waals surface area contributed by atoms with Crippen molar-refractivity contribution in [1.82, 2.24) is 0 Å². The summed E-state index contributed by atoms with van der Waals surface area (Å²) in [6.07, 6.45) is 0. The predicted molar refractivity (Wildman–Crippen MR) is 4.81 cm³/mol. The Morgan fingerprint density at radius 3 is 0.233 bits per heavy atom. The van der Waals surface area contributed by atoms with Crippen molar-refractivity contribution in [2.75, 3.05) is 0 Å². The number of rotatable bonds is 0. The Kier molecular flexibility index (Phi) is 108. The fourth-order valence-electron chi connectivity index (χ4n) is 0. The van der Waals surface area contributed by atoms with Crippen LogP contribution in [-0.2, 0) is 194 Å². The SMILES string of the molecule is [O]=[Ti]([O-])[O-].[O]=[Ti]([O-])[O-].[O]=[Ti]([O-])[O-].[O]=[Ti]([O-])[O-].[O]=[Ti]([O-])[O-].[O]=[Ti]([O-])[O-].[O]=[Ti]([O-])[O-].[Re].[Re]. The molecule has 0 spiro atoms. The van der Waals surface area contributed by atoms with Crippen molar-refractivity contribution >= 4 is 0 Å². The van der Waals surface area contributed by atoms with E-state index in [2.05, 4.69) is 0 Å². The molecule has 0 bridgehead atoms. The minimum absolute atomic E-state index is 0. The molecule has 0 aromatic rings. The Hall–Kier alpha value is 4.36. The zero-order valence-electron chi connectivity index (χ0n) is 12.8. The topological polar surface area (TPSA) is 442 Å². The second kappa shape index (κ2) is 54.3. The second-order valence-electron chi connectivity index (χ2n) is 1.75. The molecule has 0 atom stereocenters. The van der Waals surface area contributed by atoms with Gasteiger partial charge in [-0.25, -0.2) is 0 Å². The molecule has 2 radical (unpaired) electrons. The Morgan fingerprint density at radius 2 is 0.233 bits per heavy atom. The molecule has 0 aromatic heterocycles. The third-order valence-electron chi connectivity index (χ3n) is 0. The van der Waals surface area contributed by atoms with Crippen molar-refractivity contribution in [2.24, 2.45) is 0 Å². The van der Waals surface area contributed by atoms with E-state index in [4.69, 9.17) is 74.9 Å². The quantitative estimate of drug-likeness (QED) is 0.203. The van der Waals surface area contributed by atoms with Crippen LogP contribution in [0, 0.1) is 0 Å². The summed E-state index contributed by atoms with van der Waals surface area (Å²) >= 11 is -28.6. The van der Waals surface area contributed by atoms with E-state index in [1.165, 1.54) is 0 Å². The molecule has 0 aliphatic rings. The van der Waals surface area contributed by atoms with E-state index >= 15 is 0 Å². The van der Waals surface area contributed by atoms with Crippen LogP contribution >= 0.6 is 0 Å². The summed E-state index contributed by atoms with van der Waals surface area (Å²) in [6.45, 7) is 0. The fraction of sp³-hybridized carbons (Fsp3) is 0. The predicted octanol–water partition coefficient (Wildman–Crippen LogP) is -17.5. The van der Waals surface area contributed by atoms with Crippen molar-refractivity contribution in [2.45, 2.75) is 0 Å². The summed E-state index contributed by atoms with van der Waals surface area (Å²) in [4.78, 5) is 0. The van der Waals surface area contributed by atoms with Crippen molar-refractivity contribution in [3.63, 3.8) is 0 Å². The first-order valence-electron chi connectivity index (χ1n) is 4.29. The third-order valence-corrected chi connectivity index (χ3v) is 0. The molecule has 0 fully saturated rings. The zero-order chi connectivity index (χ0) is 25.0. The van der Waals surface area contributed by atoms with Crippen LogP contribution in [0.4, 0.5) is 0 Å². The monoisotopic (exact) mass is 1050 g/mol. The Morgan fingerprint density at radius 1 is 0.233 bits per heavy atom. The van der Waals surface area contributed by atoms with Crippen LogP contribution in [0.2, 0.25) is 0 Å². The van der Waals surface area contributed by atoms with Crippen LogP contribution in [0.15, 0.2) is 0 Å². The summed E-state index contributed by atoms with van der Waals surface area (Å²) in [5, 5.41) is 0. The molecule has 0 unspecified atom stereocenters. The summed E-state index contributed by atoms with van der Waals surface area (Å²) in [5.41, 5.74) is 0. The van der Waals surface area contributed by atoms with Gasteiger partial charge in [0, 0.05) is 40.8 Å². The molecule has 0 aromatic carbocycles. The first kappa shape index (κ1) is 59.5. The third kappa shape index (κ3) is 1670. The minimum atomic E-state index is -4.08. The standard InChI is InChI=1S/21O.2Re.7Ti/q;;;;;;;14*-1;;;;;;;;;. The summed E-state index contributed by atoms with van der Waals surface area (Å²) in [6, 6.07) is 0. The Bertz CT molecular complexity index is 312. The van der Waals surface area contributed by atoms with Crippen LogP contribution in [0.3, 0.4) is 0 Å². The summed E-state index contributed by atoms with van der Waals surface area (Å²) in [5.74, 6) is 0. The first-order chi connectivity index (χ1) is 12.1. The van der Waals surface area contributed by atoms with Crippen LogP contribution in [0.1, 0.15) is 0 Å². The van der Waals surface area contributed by atoms with Crippen molar-refractivity contribution in [1.29, 1.82) is 0 Å². The van der Waals surface area contributed by atoms with Crippen molar-refractivity contribution in [3.05, 3.63) is 0 Å². The van der Waals surface area contributed by atoms with E-state index in [9.17, 15) is 0 Å². The molecular formula is O21Re2Ti7-14. The van der Waals surface area contributed by atoms with E-state index in [0.29, 0.717) is 0 Å². The van der Waals surface area contributed by atoms with Gasteiger partial charge in [-0.1, -0.05) is 0 Å². The minimum Gasteiger partial charge on any atom is 0 e. The fourth-order valence-corrected chi connectivity index (χ4v) is 0. The Balaban J connectivity index is -0.0000000242. The van der Waals surface area contributed by atoms with E-state index in [1.54, 1.807) is 0 Å². The van der Waals surface area contributed by atoms with E-state index < -0.39 is 130 Å². The first-order valence-corrected chi connectivity index (χ1v) is 17.7. The largest absolute Gasteiger partial charge is 0 e. The molecule has 0 aliphatic carbocycles. The van der Waals surface area contributed by atoms with Crippen LogP contribution in [0.5, 0.6) is 0 Å². The van der Waals surface area contributed by atoms with Gasteiger partial charge in [0.1, 0.15) is 0 Å². The average molecular weight is 1040 g/mol. The normalized spacial score (nSPS) is 6.07. The van der Waals surface area contributed by atoms with Crippen LogP contribution in [0.25, 0.3) is 0 Å². The molecule has 0 rings (SSSR count). The van der Waals surface area contributed by atoms with Gasteiger partial charge in [0.15, 0.2) is 0 Å². The van der Waals surface area contributed by atoms with Gasteiger partial charge in [0.2, 0.25) is 0 Å².